The molecule has 12 heavy (non-hydrogen) atoms. The fourth-order valence-corrected chi connectivity index (χ4v) is 0.961. The lowest BCUT2D eigenvalue weighted by molar-refractivity contribution is 0.295. The highest BCUT2D eigenvalue weighted by molar-refractivity contribution is 5.08. The summed E-state index contributed by atoms with van der Waals surface area (Å²) in [5.74, 6) is 0.730. The summed E-state index contributed by atoms with van der Waals surface area (Å²) in [5, 5.41) is 0. The van der Waals surface area contributed by atoms with Gasteiger partial charge in [-0.25, -0.2) is 4.98 Å². The lowest BCUT2D eigenvalue weighted by Gasteiger charge is -2.02. The zero-order valence-corrected chi connectivity index (χ0v) is 7.49. The number of rotatable bonds is 5. The van der Waals surface area contributed by atoms with Gasteiger partial charge in [0.15, 0.2) is 0 Å². The van der Waals surface area contributed by atoms with Crippen LogP contribution in [0.2, 0.25) is 0 Å². The van der Waals surface area contributed by atoms with Crippen LogP contribution in [0.15, 0.2) is 24.4 Å². The summed E-state index contributed by atoms with van der Waals surface area (Å²) in [7, 11) is 0. The van der Waals surface area contributed by atoms with E-state index in [4.69, 9.17) is 4.74 Å². The summed E-state index contributed by atoms with van der Waals surface area (Å²) < 4.78 is 5.40. The van der Waals surface area contributed by atoms with Crippen molar-refractivity contribution < 1.29 is 4.74 Å². The van der Waals surface area contributed by atoms with Gasteiger partial charge in [-0.15, -0.1) is 0 Å². The third-order valence-corrected chi connectivity index (χ3v) is 1.64. The minimum Gasteiger partial charge on any atom is -0.478 e. The van der Waals surface area contributed by atoms with Crippen molar-refractivity contribution in [3.63, 3.8) is 0 Å². The van der Waals surface area contributed by atoms with Crippen LogP contribution >= 0.6 is 0 Å². The van der Waals surface area contributed by atoms with Crippen molar-refractivity contribution in [2.45, 2.75) is 26.2 Å². The van der Waals surface area contributed by atoms with Crippen LogP contribution in [0.3, 0.4) is 0 Å². The van der Waals surface area contributed by atoms with E-state index in [-0.39, 0.29) is 0 Å². The average Bonchev–Trinajstić information content (AvgIpc) is 2.14. The molecular weight excluding hydrogens is 150 g/mol. The summed E-state index contributed by atoms with van der Waals surface area (Å²) >= 11 is 0. The molecule has 2 heteroatoms. The molecule has 0 aromatic carbocycles. The van der Waals surface area contributed by atoms with Gasteiger partial charge in [-0.05, 0) is 12.5 Å². The molecule has 0 bridgehead atoms. The number of pyridine rings is 1. The van der Waals surface area contributed by atoms with Crippen molar-refractivity contribution >= 4 is 0 Å². The predicted octanol–water partition coefficient (Wildman–Crippen LogP) is 2.65. The Labute approximate surface area is 73.6 Å². The van der Waals surface area contributed by atoms with Gasteiger partial charge in [0, 0.05) is 12.3 Å². The van der Waals surface area contributed by atoms with E-state index >= 15 is 0 Å². The standard InChI is InChI=1S/C10H15NO/c1-2-3-6-9-12-10-7-4-5-8-11-10/h4-5,7-8H,2-3,6,9H2,1H3. The Hall–Kier alpha value is -1.05. The highest BCUT2D eigenvalue weighted by atomic mass is 16.5. The first-order valence-corrected chi connectivity index (χ1v) is 4.47. The van der Waals surface area contributed by atoms with Crippen LogP contribution < -0.4 is 4.74 Å². The number of hydrogen-bond acceptors (Lipinski definition) is 2. The molecule has 0 aliphatic rings. The van der Waals surface area contributed by atoms with E-state index < -0.39 is 0 Å². The second-order valence-corrected chi connectivity index (χ2v) is 2.72. The number of ether oxygens (including phenoxy) is 1. The maximum Gasteiger partial charge on any atom is 0.213 e. The smallest absolute Gasteiger partial charge is 0.213 e. The van der Waals surface area contributed by atoms with E-state index in [1.54, 1.807) is 6.20 Å². The van der Waals surface area contributed by atoms with Gasteiger partial charge in [0.25, 0.3) is 0 Å². The van der Waals surface area contributed by atoms with Gasteiger partial charge in [-0.1, -0.05) is 25.8 Å². The molecular formula is C10H15NO. The highest BCUT2D eigenvalue weighted by Gasteiger charge is 1.91. The molecule has 1 aromatic heterocycles. The summed E-state index contributed by atoms with van der Waals surface area (Å²) in [5.41, 5.74) is 0. The van der Waals surface area contributed by atoms with E-state index in [2.05, 4.69) is 11.9 Å². The fourth-order valence-electron chi connectivity index (χ4n) is 0.961. The van der Waals surface area contributed by atoms with Crippen molar-refractivity contribution in [1.82, 2.24) is 4.98 Å². The van der Waals surface area contributed by atoms with Crippen LogP contribution in [0.25, 0.3) is 0 Å². The first kappa shape index (κ1) is 9.04. The lowest BCUT2D eigenvalue weighted by atomic mass is 10.3. The Bertz CT molecular complexity index is 198. The number of unbranched alkanes of at least 4 members (excludes halogenated alkanes) is 2. The molecule has 0 aliphatic heterocycles. The minimum atomic E-state index is 0.730. The van der Waals surface area contributed by atoms with Crippen LogP contribution in [-0.2, 0) is 0 Å². The molecule has 1 heterocycles. The van der Waals surface area contributed by atoms with Gasteiger partial charge in [0.05, 0.1) is 6.61 Å². The van der Waals surface area contributed by atoms with Crippen molar-refractivity contribution in [2.24, 2.45) is 0 Å². The van der Waals surface area contributed by atoms with Gasteiger partial charge >= 0.3 is 0 Å². The fraction of sp³-hybridized carbons (Fsp3) is 0.500. The lowest BCUT2D eigenvalue weighted by Crippen LogP contribution is -1.97. The van der Waals surface area contributed by atoms with Gasteiger partial charge < -0.3 is 4.74 Å². The molecule has 1 aromatic rings. The molecule has 0 N–H and O–H groups in total. The van der Waals surface area contributed by atoms with Crippen LogP contribution in [0, 0.1) is 0 Å². The van der Waals surface area contributed by atoms with E-state index in [1.165, 1.54) is 12.8 Å². The average molecular weight is 165 g/mol. The van der Waals surface area contributed by atoms with Crippen molar-refractivity contribution in [3.8, 4) is 5.88 Å². The van der Waals surface area contributed by atoms with Crippen molar-refractivity contribution in [1.29, 1.82) is 0 Å². The Morgan fingerprint density at radius 1 is 1.33 bits per heavy atom. The largest absolute Gasteiger partial charge is 0.478 e. The van der Waals surface area contributed by atoms with Gasteiger partial charge in [-0.2, -0.15) is 0 Å². The topological polar surface area (TPSA) is 22.1 Å². The number of nitrogens with zero attached hydrogens (tertiary/aromatic N) is 1. The second-order valence-electron chi connectivity index (χ2n) is 2.72. The molecule has 0 atom stereocenters. The first-order chi connectivity index (χ1) is 5.93. The highest BCUT2D eigenvalue weighted by Crippen LogP contribution is 2.04. The summed E-state index contributed by atoms with van der Waals surface area (Å²) in [6, 6.07) is 5.70. The van der Waals surface area contributed by atoms with Crippen molar-refractivity contribution in [3.05, 3.63) is 24.4 Å². The molecule has 66 valence electrons. The van der Waals surface area contributed by atoms with Crippen molar-refractivity contribution in [2.75, 3.05) is 6.61 Å². The van der Waals surface area contributed by atoms with E-state index in [0.29, 0.717) is 0 Å². The molecule has 1 rings (SSSR count). The quantitative estimate of drug-likeness (QED) is 0.626. The SMILES string of the molecule is CCCCCOc1ccccn1. The second kappa shape index (κ2) is 5.58. The molecule has 0 aliphatic carbocycles. The zero-order valence-electron chi connectivity index (χ0n) is 7.49. The summed E-state index contributed by atoms with van der Waals surface area (Å²) in [6.45, 7) is 2.96. The van der Waals surface area contributed by atoms with Gasteiger partial charge in [0.1, 0.15) is 0 Å². The van der Waals surface area contributed by atoms with Gasteiger partial charge in [-0.3, -0.25) is 0 Å². The molecule has 0 amide bonds. The van der Waals surface area contributed by atoms with Crippen LogP contribution in [0.4, 0.5) is 0 Å². The molecule has 0 fully saturated rings. The third-order valence-electron chi connectivity index (χ3n) is 1.64. The maximum atomic E-state index is 5.40. The Balaban J connectivity index is 2.16. The molecule has 0 radical (unpaired) electrons. The van der Waals surface area contributed by atoms with E-state index in [9.17, 15) is 0 Å². The molecule has 2 nitrogen and oxygen atoms in total. The third kappa shape index (κ3) is 3.37. The van der Waals surface area contributed by atoms with E-state index in [1.807, 2.05) is 18.2 Å². The monoisotopic (exact) mass is 165 g/mol. The summed E-state index contributed by atoms with van der Waals surface area (Å²) in [4.78, 5) is 4.05. The summed E-state index contributed by atoms with van der Waals surface area (Å²) in [6.07, 6.45) is 5.32. The van der Waals surface area contributed by atoms with Gasteiger partial charge in [0.2, 0.25) is 5.88 Å². The van der Waals surface area contributed by atoms with E-state index in [0.717, 1.165) is 18.9 Å². The van der Waals surface area contributed by atoms with Crippen LogP contribution in [-0.4, -0.2) is 11.6 Å². The zero-order chi connectivity index (χ0) is 8.65. The normalized spacial score (nSPS) is 9.75. The molecule has 0 saturated heterocycles. The maximum absolute atomic E-state index is 5.40. The Morgan fingerprint density at radius 3 is 2.92 bits per heavy atom. The minimum absolute atomic E-state index is 0.730. The van der Waals surface area contributed by atoms with Crippen LogP contribution in [0.1, 0.15) is 26.2 Å². The van der Waals surface area contributed by atoms with Crippen LogP contribution in [0.5, 0.6) is 5.88 Å². The Kier molecular flexibility index (Phi) is 4.21. The number of aromatic nitrogens is 1. The number of hydrogen-bond donors (Lipinski definition) is 0. The predicted molar refractivity (Wildman–Crippen MR) is 49.3 cm³/mol. The molecule has 0 unspecified atom stereocenters. The molecule has 0 saturated carbocycles. The Morgan fingerprint density at radius 2 is 2.25 bits per heavy atom. The molecule has 0 spiro atoms. The first-order valence-electron chi connectivity index (χ1n) is 4.47.